The summed E-state index contributed by atoms with van der Waals surface area (Å²) < 4.78 is 5.45. The van der Waals surface area contributed by atoms with E-state index in [2.05, 4.69) is 31.7 Å². The van der Waals surface area contributed by atoms with Crippen LogP contribution in [-0.4, -0.2) is 88.4 Å². The van der Waals surface area contributed by atoms with E-state index in [0.717, 1.165) is 16.7 Å². The van der Waals surface area contributed by atoms with Gasteiger partial charge in [-0.25, -0.2) is 0 Å². The molecule has 0 fully saturated rings. The van der Waals surface area contributed by atoms with Crippen molar-refractivity contribution in [1.29, 1.82) is 0 Å². The van der Waals surface area contributed by atoms with Crippen molar-refractivity contribution >= 4 is 36.0 Å². The Hall–Kier alpha value is -5.57. The van der Waals surface area contributed by atoms with Crippen molar-refractivity contribution < 1.29 is 38.4 Å². The topological polar surface area (TPSA) is 212 Å². The minimum Gasteiger partial charge on any atom is -0.483 e. The molecular formula is C36H45N7O8. The lowest BCUT2D eigenvalue weighted by Gasteiger charge is -2.31. The fourth-order valence-corrected chi connectivity index (χ4v) is 5.90. The molecule has 15 nitrogen and oxygen atoms in total. The van der Waals surface area contributed by atoms with Crippen molar-refractivity contribution in [2.24, 2.45) is 5.92 Å². The quantitative estimate of drug-likeness (QED) is 0.207. The lowest BCUT2D eigenvalue weighted by molar-refractivity contribution is -0.135. The molecule has 5 amide bonds. The largest absolute Gasteiger partial charge is 0.483 e. The number of benzene rings is 2. The molecule has 15 heteroatoms. The number of hydrogen-bond donors (Lipinski definition) is 6. The fraction of sp³-hybridized carbons (Fsp3) is 0.417. The smallest absolute Gasteiger partial charge is 0.290 e. The second-order valence-corrected chi connectivity index (χ2v) is 12.9. The number of nitrogens with one attached hydrogen (secondary N) is 5. The van der Waals surface area contributed by atoms with E-state index >= 15 is 0 Å². The third kappa shape index (κ3) is 11.0. The highest BCUT2D eigenvalue weighted by Gasteiger charge is 2.32. The number of nitrogens with zero attached hydrogens (tertiary/aromatic N) is 2. The standard InChI is InChI=1S/C35H43N7O6.CH2O2/c1-21(2)15-27-33(45)40-28(16-23-9-5-4-6-10-23)32(44)36-13-14-42(35(47)30-17-24-11-7-8-12-25(24)19-37-30)20-26-18-29(41-48-26)34(46)38-22(3)31(43)39-27;2-1-3/h4-12,18,21-22,27-28,30,37H,13-17,19-20H2,1-3H3,(H,36,44)(H,38,46)(H,39,43)(H,40,45);1H,(H,2,3)/t22-,27-,28-,30-;/m1./s1. The molecule has 0 unspecified atom stereocenters. The van der Waals surface area contributed by atoms with Crippen molar-refractivity contribution in [3.05, 3.63) is 88.8 Å². The molecule has 272 valence electrons. The predicted octanol–water partition coefficient (Wildman–Crippen LogP) is 0.925. The Kier molecular flexibility index (Phi) is 13.8. The molecule has 0 saturated heterocycles. The summed E-state index contributed by atoms with van der Waals surface area (Å²) in [6.45, 7) is 5.82. The number of carbonyl (C=O) groups excluding carboxylic acids is 5. The molecule has 0 spiro atoms. The highest BCUT2D eigenvalue weighted by Crippen LogP contribution is 2.19. The van der Waals surface area contributed by atoms with Gasteiger partial charge in [-0.05, 0) is 42.4 Å². The highest BCUT2D eigenvalue weighted by atomic mass is 16.5. The zero-order valence-corrected chi connectivity index (χ0v) is 28.9. The van der Waals surface area contributed by atoms with E-state index in [4.69, 9.17) is 14.4 Å². The first-order valence-electron chi connectivity index (χ1n) is 16.8. The SMILES string of the molecule is CC(C)C[C@H]1NC(=O)[C@@H](C)NC(=O)c2cc(on2)CN(C(=O)[C@H]2Cc3ccccc3CN2)CCNC(=O)[C@@H](Cc2ccccc2)NC1=O.O=CO. The summed E-state index contributed by atoms with van der Waals surface area (Å²) in [6.07, 6.45) is 1.01. The van der Waals surface area contributed by atoms with E-state index in [1.165, 1.54) is 13.0 Å². The van der Waals surface area contributed by atoms with Gasteiger partial charge in [0.2, 0.25) is 23.6 Å². The van der Waals surface area contributed by atoms with Crippen LogP contribution in [0.5, 0.6) is 0 Å². The van der Waals surface area contributed by atoms with Gasteiger partial charge in [-0.1, -0.05) is 73.6 Å². The summed E-state index contributed by atoms with van der Waals surface area (Å²) in [5.74, 6) is -2.06. The average molecular weight is 704 g/mol. The van der Waals surface area contributed by atoms with Gasteiger partial charge >= 0.3 is 0 Å². The average Bonchev–Trinajstić information content (AvgIpc) is 3.59. The number of carboxylic acid groups (broad SMARTS) is 1. The highest BCUT2D eigenvalue weighted by molar-refractivity contribution is 5.97. The molecule has 2 bridgehead atoms. The maximum Gasteiger partial charge on any atom is 0.290 e. The second kappa shape index (κ2) is 18.4. The Labute approximate surface area is 295 Å². The molecule has 2 aromatic carbocycles. The molecule has 0 radical (unpaired) electrons. The maximum absolute atomic E-state index is 13.9. The van der Waals surface area contributed by atoms with E-state index in [1.807, 2.05) is 68.4 Å². The Morgan fingerprint density at radius 1 is 0.961 bits per heavy atom. The normalized spacial score (nSPS) is 21.7. The van der Waals surface area contributed by atoms with Crippen LogP contribution < -0.4 is 26.6 Å². The summed E-state index contributed by atoms with van der Waals surface area (Å²) in [6, 6.07) is 15.2. The molecule has 4 atom stereocenters. The van der Waals surface area contributed by atoms with Crippen molar-refractivity contribution in [3.8, 4) is 0 Å². The lowest BCUT2D eigenvalue weighted by Crippen LogP contribution is -2.57. The van der Waals surface area contributed by atoms with Crippen LogP contribution in [0.2, 0.25) is 0 Å². The summed E-state index contributed by atoms with van der Waals surface area (Å²) in [4.78, 5) is 77.3. The van der Waals surface area contributed by atoms with Crippen LogP contribution in [0.1, 0.15) is 60.1 Å². The lowest BCUT2D eigenvalue weighted by atomic mass is 9.95. The minimum absolute atomic E-state index is 0.00802. The number of rotatable bonds is 5. The van der Waals surface area contributed by atoms with Crippen LogP contribution >= 0.6 is 0 Å². The van der Waals surface area contributed by atoms with Crippen LogP contribution in [0.4, 0.5) is 0 Å². The van der Waals surface area contributed by atoms with E-state index in [0.29, 0.717) is 19.4 Å². The first-order chi connectivity index (χ1) is 24.5. The van der Waals surface area contributed by atoms with E-state index in [9.17, 15) is 24.0 Å². The van der Waals surface area contributed by atoms with E-state index in [-0.39, 0.29) is 55.8 Å². The van der Waals surface area contributed by atoms with Crippen LogP contribution in [0, 0.1) is 5.92 Å². The molecule has 0 aliphatic carbocycles. The molecule has 1 aromatic heterocycles. The summed E-state index contributed by atoms with van der Waals surface area (Å²) in [5.41, 5.74) is 2.99. The van der Waals surface area contributed by atoms with Gasteiger partial charge in [0.1, 0.15) is 18.1 Å². The molecular weight excluding hydrogens is 658 g/mol. The maximum atomic E-state index is 13.9. The van der Waals surface area contributed by atoms with Crippen LogP contribution in [-0.2, 0) is 49.9 Å². The van der Waals surface area contributed by atoms with E-state index < -0.39 is 47.8 Å². The second-order valence-electron chi connectivity index (χ2n) is 12.9. The van der Waals surface area contributed by atoms with Gasteiger partial charge in [0.05, 0.1) is 12.6 Å². The predicted molar refractivity (Wildman–Crippen MR) is 185 cm³/mol. The Balaban J connectivity index is 0.00000188. The van der Waals surface area contributed by atoms with Crippen molar-refractivity contribution in [3.63, 3.8) is 0 Å². The zero-order chi connectivity index (χ0) is 36.9. The summed E-state index contributed by atoms with van der Waals surface area (Å²) in [5, 5.41) is 25.2. The van der Waals surface area contributed by atoms with Gasteiger partial charge in [-0.15, -0.1) is 0 Å². The van der Waals surface area contributed by atoms with Crippen LogP contribution in [0.15, 0.2) is 65.2 Å². The van der Waals surface area contributed by atoms with Crippen LogP contribution in [0.3, 0.4) is 0 Å². The molecule has 5 rings (SSSR count). The van der Waals surface area contributed by atoms with Crippen LogP contribution in [0.25, 0.3) is 0 Å². The summed E-state index contributed by atoms with van der Waals surface area (Å²) in [7, 11) is 0. The van der Waals surface area contributed by atoms with Gasteiger partial charge in [-0.2, -0.15) is 0 Å². The molecule has 0 saturated carbocycles. The first kappa shape index (κ1) is 38.2. The fourth-order valence-electron chi connectivity index (χ4n) is 5.90. The Morgan fingerprint density at radius 3 is 2.33 bits per heavy atom. The molecule has 3 heterocycles. The zero-order valence-electron chi connectivity index (χ0n) is 28.9. The number of hydrogen-bond acceptors (Lipinski definition) is 9. The Morgan fingerprint density at radius 2 is 1.63 bits per heavy atom. The Bertz CT molecular complexity index is 1680. The molecule has 6 N–H and O–H groups in total. The minimum atomic E-state index is -1.01. The molecule has 2 aliphatic rings. The van der Waals surface area contributed by atoms with Gasteiger partial charge in [0, 0.05) is 32.1 Å². The summed E-state index contributed by atoms with van der Waals surface area (Å²) >= 11 is 0. The van der Waals surface area contributed by atoms with Crippen molar-refractivity contribution in [2.45, 2.75) is 77.3 Å². The number of aromatic nitrogens is 1. The first-order valence-corrected chi connectivity index (χ1v) is 16.8. The number of amides is 5. The van der Waals surface area contributed by atoms with Gasteiger partial charge in [-0.3, -0.25) is 28.8 Å². The number of carbonyl (C=O) groups is 6. The molecule has 3 aromatic rings. The van der Waals surface area contributed by atoms with Crippen molar-refractivity contribution in [2.75, 3.05) is 13.1 Å². The molecule has 51 heavy (non-hydrogen) atoms. The monoisotopic (exact) mass is 703 g/mol. The number of fused-ring (bicyclic) bond motifs is 3. The molecule has 2 aliphatic heterocycles. The van der Waals surface area contributed by atoms with Gasteiger partial charge in [0.25, 0.3) is 12.4 Å². The van der Waals surface area contributed by atoms with Gasteiger partial charge < -0.3 is 41.1 Å². The third-order valence-corrected chi connectivity index (χ3v) is 8.51. The van der Waals surface area contributed by atoms with Crippen molar-refractivity contribution in [1.82, 2.24) is 36.6 Å². The van der Waals surface area contributed by atoms with Gasteiger partial charge in [0.15, 0.2) is 11.5 Å². The third-order valence-electron chi connectivity index (χ3n) is 8.51. The van der Waals surface area contributed by atoms with E-state index in [1.54, 1.807) is 4.90 Å².